The molecule has 458 valence electrons. The van der Waals surface area contributed by atoms with Crippen LogP contribution in [0.2, 0.25) is 0 Å². The van der Waals surface area contributed by atoms with E-state index in [0.717, 1.165) is 109 Å². The first-order valence-electron chi connectivity index (χ1n) is 32.9. The average molecular weight is 1130 g/mol. The lowest BCUT2D eigenvalue weighted by molar-refractivity contribution is -0.870. The predicted molar refractivity (Wildman–Crippen MR) is 339 cm³/mol. The number of nitrogens with zero attached hydrogens (tertiary/aromatic N) is 1. The van der Waals surface area contributed by atoms with Gasteiger partial charge in [-0.1, -0.05) is 254 Å². The third kappa shape index (κ3) is 59.6. The lowest BCUT2D eigenvalue weighted by Gasteiger charge is -2.30. The SMILES string of the molecule is CCCCC/C=C\C/C=C\C/C=C\C/C=C\CCCCCCCCCCCC(=O)NC(COP(=O)([O-])OCC[N+](C)(C)C)C(/C=C\CCCCCCCCCCC)OC(=O)CCCCCCCCC/C=C\C/C=C\CCCCC. The highest BCUT2D eigenvalue weighted by molar-refractivity contribution is 7.45. The van der Waals surface area contributed by atoms with Crippen LogP contribution >= 0.6 is 7.82 Å². The Bertz CT molecular complexity index is 1630. The van der Waals surface area contributed by atoms with Gasteiger partial charge in [0.1, 0.15) is 19.3 Å². The molecule has 9 nitrogen and oxygen atoms in total. The van der Waals surface area contributed by atoms with E-state index in [1.807, 2.05) is 33.3 Å². The monoisotopic (exact) mass is 1120 g/mol. The number of quaternary nitrogens is 1. The zero-order chi connectivity index (χ0) is 57.9. The zero-order valence-corrected chi connectivity index (χ0v) is 53.2. The third-order valence-corrected chi connectivity index (χ3v) is 15.3. The van der Waals surface area contributed by atoms with Gasteiger partial charge in [-0.25, -0.2) is 0 Å². The minimum atomic E-state index is -4.71. The number of hydrogen-bond acceptors (Lipinski definition) is 7. The number of amides is 1. The van der Waals surface area contributed by atoms with Crippen molar-refractivity contribution in [2.75, 3.05) is 40.9 Å². The standard InChI is InChI=1S/C69H125N2O7P/c1-7-10-13-16-19-22-25-27-29-31-32-33-34-35-36-37-38-40-41-43-46-49-52-55-58-61-68(72)70-66(65-77-79(74,75)76-64-63-71(4,5)6)67(60-57-54-51-48-45-24-21-18-15-12-9-3)78-69(73)62-59-56-53-50-47-44-42-39-30-28-26-23-20-17-14-11-8-2/h19-20,22-23,27-30,32-33,35-36,57,60,66-67H,7-18,21,24-26,31,34,37-56,58-59,61-65H2,1-6H3,(H-,70,72,74,75)/b22-19-,23-20-,29-27-,30-28-,33-32-,36-35-,60-57-. The molecule has 0 aromatic carbocycles. The summed E-state index contributed by atoms with van der Waals surface area (Å²) in [6, 6.07) is -0.899. The first kappa shape index (κ1) is 76.2. The van der Waals surface area contributed by atoms with Crippen molar-refractivity contribution in [2.24, 2.45) is 0 Å². The minimum Gasteiger partial charge on any atom is -0.756 e. The maximum atomic E-state index is 13.6. The molecule has 0 saturated carbocycles. The first-order valence-corrected chi connectivity index (χ1v) is 34.4. The molecule has 0 aliphatic rings. The molecule has 3 unspecified atom stereocenters. The summed E-state index contributed by atoms with van der Waals surface area (Å²) in [6.45, 7) is 6.78. The van der Waals surface area contributed by atoms with E-state index in [-0.39, 0.29) is 24.9 Å². The van der Waals surface area contributed by atoms with Crippen molar-refractivity contribution in [1.29, 1.82) is 0 Å². The Labute approximate surface area is 488 Å². The van der Waals surface area contributed by atoms with Crippen LogP contribution < -0.4 is 10.2 Å². The van der Waals surface area contributed by atoms with Crippen molar-refractivity contribution in [1.82, 2.24) is 5.32 Å². The molecule has 0 aromatic rings. The van der Waals surface area contributed by atoms with Crippen molar-refractivity contribution in [3.63, 3.8) is 0 Å². The Balaban J connectivity index is 5.13. The van der Waals surface area contributed by atoms with E-state index in [0.29, 0.717) is 17.4 Å². The molecule has 1 amide bonds. The number of hydrogen-bond donors (Lipinski definition) is 1. The molecule has 0 aliphatic carbocycles. The van der Waals surface area contributed by atoms with Crippen LogP contribution in [0.1, 0.15) is 290 Å². The van der Waals surface area contributed by atoms with Crippen LogP contribution in [0, 0.1) is 0 Å². The molecule has 0 bridgehead atoms. The molecule has 0 aromatic heterocycles. The number of ether oxygens (including phenoxy) is 1. The molecular formula is C69H125N2O7P. The summed E-state index contributed by atoms with van der Waals surface area (Å²) in [7, 11) is 1.17. The zero-order valence-electron chi connectivity index (χ0n) is 52.3. The Hall–Kier alpha value is -2.81. The van der Waals surface area contributed by atoms with Crippen LogP contribution in [0.25, 0.3) is 0 Å². The van der Waals surface area contributed by atoms with E-state index in [4.69, 9.17) is 13.8 Å². The Morgan fingerprint density at radius 3 is 1.18 bits per heavy atom. The third-order valence-electron chi connectivity index (χ3n) is 14.3. The van der Waals surface area contributed by atoms with Gasteiger partial charge >= 0.3 is 5.97 Å². The van der Waals surface area contributed by atoms with Gasteiger partial charge in [-0.05, 0) is 109 Å². The van der Waals surface area contributed by atoms with Gasteiger partial charge in [0.2, 0.25) is 5.91 Å². The molecule has 0 fully saturated rings. The summed E-state index contributed by atoms with van der Waals surface area (Å²) < 4.78 is 30.3. The minimum absolute atomic E-state index is 0.0279. The van der Waals surface area contributed by atoms with Crippen LogP contribution in [-0.2, 0) is 27.9 Å². The molecule has 10 heteroatoms. The number of nitrogens with one attached hydrogen (secondary N) is 1. The maximum absolute atomic E-state index is 13.6. The molecule has 0 spiro atoms. The molecule has 3 atom stereocenters. The second-order valence-corrected chi connectivity index (χ2v) is 24.7. The fraction of sp³-hybridized carbons (Fsp3) is 0.768. The Morgan fingerprint density at radius 2 is 0.772 bits per heavy atom. The van der Waals surface area contributed by atoms with Crippen molar-refractivity contribution in [3.8, 4) is 0 Å². The first-order chi connectivity index (χ1) is 38.4. The summed E-state index contributed by atoms with van der Waals surface area (Å²) in [6.07, 6.45) is 76.9. The largest absolute Gasteiger partial charge is 0.756 e. The van der Waals surface area contributed by atoms with Gasteiger partial charge in [0.05, 0.1) is 33.8 Å². The van der Waals surface area contributed by atoms with E-state index < -0.39 is 26.6 Å². The Morgan fingerprint density at radius 1 is 0.443 bits per heavy atom. The summed E-state index contributed by atoms with van der Waals surface area (Å²) in [5.74, 6) is -0.556. The number of phosphoric ester groups is 1. The number of rotatable bonds is 59. The summed E-state index contributed by atoms with van der Waals surface area (Å²) in [4.78, 5) is 40.0. The summed E-state index contributed by atoms with van der Waals surface area (Å²) in [5, 5.41) is 3.03. The van der Waals surface area contributed by atoms with E-state index in [1.54, 1.807) is 0 Å². The van der Waals surface area contributed by atoms with E-state index in [9.17, 15) is 19.0 Å². The fourth-order valence-electron chi connectivity index (χ4n) is 9.18. The molecule has 79 heavy (non-hydrogen) atoms. The number of likely N-dealkylation sites (N-methyl/N-ethyl adjacent to an activating group) is 1. The molecule has 0 aliphatic heterocycles. The maximum Gasteiger partial charge on any atom is 0.306 e. The molecule has 0 radical (unpaired) electrons. The van der Waals surface area contributed by atoms with Gasteiger partial charge in [0, 0.05) is 12.8 Å². The molecule has 1 N–H and O–H groups in total. The summed E-state index contributed by atoms with van der Waals surface area (Å²) in [5.41, 5.74) is 0. The van der Waals surface area contributed by atoms with Crippen molar-refractivity contribution < 1.29 is 37.3 Å². The number of esters is 1. The highest BCUT2D eigenvalue weighted by Crippen LogP contribution is 2.38. The lowest BCUT2D eigenvalue weighted by Crippen LogP contribution is -2.47. The second-order valence-electron chi connectivity index (χ2n) is 23.3. The number of carbonyl (C=O) groups excluding carboxylic acids is 2. The van der Waals surface area contributed by atoms with E-state index >= 15 is 0 Å². The number of phosphoric acid groups is 1. The lowest BCUT2D eigenvalue weighted by atomic mass is 10.0. The van der Waals surface area contributed by atoms with Crippen LogP contribution in [-0.4, -0.2) is 69.4 Å². The molecular weight excluding hydrogens is 1000 g/mol. The highest BCUT2D eigenvalue weighted by Gasteiger charge is 2.27. The van der Waals surface area contributed by atoms with Crippen molar-refractivity contribution >= 4 is 19.7 Å². The van der Waals surface area contributed by atoms with Crippen LogP contribution in [0.3, 0.4) is 0 Å². The smallest absolute Gasteiger partial charge is 0.306 e. The van der Waals surface area contributed by atoms with Gasteiger partial charge < -0.3 is 28.5 Å². The Kier molecular flexibility index (Phi) is 56.3. The van der Waals surface area contributed by atoms with Crippen LogP contribution in [0.4, 0.5) is 0 Å². The quantitative estimate of drug-likeness (QED) is 0.0212. The molecule has 0 rings (SSSR count). The number of carbonyl (C=O) groups is 2. The highest BCUT2D eigenvalue weighted by atomic mass is 31.2. The van der Waals surface area contributed by atoms with Crippen molar-refractivity contribution in [2.45, 2.75) is 303 Å². The van der Waals surface area contributed by atoms with Gasteiger partial charge in [-0.3, -0.25) is 14.2 Å². The molecule has 0 saturated heterocycles. The summed E-state index contributed by atoms with van der Waals surface area (Å²) >= 11 is 0. The van der Waals surface area contributed by atoms with Gasteiger partial charge in [0.25, 0.3) is 7.82 Å². The predicted octanol–water partition coefficient (Wildman–Crippen LogP) is 19.9. The van der Waals surface area contributed by atoms with Crippen molar-refractivity contribution in [3.05, 3.63) is 85.1 Å². The van der Waals surface area contributed by atoms with E-state index in [2.05, 4.69) is 99.0 Å². The number of unbranched alkanes of at least 4 members (excludes halogenated alkanes) is 31. The van der Waals surface area contributed by atoms with E-state index in [1.165, 1.54) is 148 Å². The second kappa shape index (κ2) is 58.4. The van der Waals surface area contributed by atoms with Gasteiger partial charge in [0.15, 0.2) is 0 Å². The normalized spacial score (nSPS) is 14.2. The van der Waals surface area contributed by atoms with Gasteiger partial charge in [-0.2, -0.15) is 0 Å². The topological polar surface area (TPSA) is 114 Å². The van der Waals surface area contributed by atoms with Crippen LogP contribution in [0.15, 0.2) is 85.1 Å². The van der Waals surface area contributed by atoms with Crippen LogP contribution in [0.5, 0.6) is 0 Å². The molecule has 0 heterocycles. The fourth-order valence-corrected chi connectivity index (χ4v) is 9.91. The van der Waals surface area contributed by atoms with Gasteiger partial charge in [-0.15, -0.1) is 0 Å². The number of allylic oxidation sites excluding steroid dienone is 13. The average Bonchev–Trinajstić information content (AvgIpc) is 3.41.